The smallest absolute Gasteiger partial charge is 0.341 e. The monoisotopic (exact) mass is 321 g/mol. The third-order valence-electron chi connectivity index (χ3n) is 2.84. The van der Waals surface area contributed by atoms with Gasteiger partial charge in [-0.15, -0.1) is 0 Å². The van der Waals surface area contributed by atoms with Gasteiger partial charge in [-0.05, 0) is 18.4 Å². The van der Waals surface area contributed by atoms with Crippen LogP contribution in [0.3, 0.4) is 0 Å². The molecule has 0 fully saturated rings. The van der Waals surface area contributed by atoms with Crippen molar-refractivity contribution in [3.8, 4) is 11.5 Å². The van der Waals surface area contributed by atoms with Gasteiger partial charge in [-0.3, -0.25) is 0 Å². The number of hydrogen-bond acceptors (Lipinski definition) is 7. The van der Waals surface area contributed by atoms with Crippen molar-refractivity contribution in [3.05, 3.63) is 30.0 Å². The van der Waals surface area contributed by atoms with Gasteiger partial charge in [-0.2, -0.15) is 0 Å². The molecule has 1 heterocycles. The van der Waals surface area contributed by atoms with Gasteiger partial charge in [0.15, 0.2) is 5.16 Å². The molecule has 1 aromatic heterocycles. The van der Waals surface area contributed by atoms with Crippen molar-refractivity contribution in [1.29, 1.82) is 0 Å². The minimum Gasteiger partial charge on any atom is -0.497 e. The van der Waals surface area contributed by atoms with Crippen LogP contribution < -0.4 is 14.8 Å². The number of rotatable bonds is 6. The number of carboxylic acids is 1. The lowest BCUT2D eigenvalue weighted by Gasteiger charge is -2.13. The number of ether oxygens (including phenoxy) is 2. The summed E-state index contributed by atoms with van der Waals surface area (Å²) in [5.41, 5.74) is 0.562. The van der Waals surface area contributed by atoms with Crippen LogP contribution in [0, 0.1) is 0 Å². The van der Waals surface area contributed by atoms with Gasteiger partial charge in [0.2, 0.25) is 0 Å². The highest BCUT2D eigenvalue weighted by molar-refractivity contribution is 7.98. The Morgan fingerprint density at radius 1 is 1.32 bits per heavy atom. The molecular weight excluding hydrogens is 306 g/mol. The summed E-state index contributed by atoms with van der Waals surface area (Å²) in [6, 6.07) is 5.16. The maximum Gasteiger partial charge on any atom is 0.341 e. The van der Waals surface area contributed by atoms with E-state index in [1.54, 1.807) is 25.3 Å². The van der Waals surface area contributed by atoms with Crippen molar-refractivity contribution in [2.24, 2.45) is 0 Å². The number of aromatic nitrogens is 2. The normalized spacial score (nSPS) is 10.1. The van der Waals surface area contributed by atoms with Gasteiger partial charge in [0, 0.05) is 12.3 Å². The van der Waals surface area contributed by atoms with Crippen LogP contribution >= 0.6 is 11.8 Å². The molecule has 0 radical (unpaired) electrons. The van der Waals surface area contributed by atoms with Gasteiger partial charge >= 0.3 is 5.97 Å². The molecule has 7 nitrogen and oxygen atoms in total. The van der Waals surface area contributed by atoms with E-state index in [0.717, 1.165) is 0 Å². The minimum absolute atomic E-state index is 0.0179. The average Bonchev–Trinajstić information content (AvgIpc) is 2.54. The van der Waals surface area contributed by atoms with E-state index < -0.39 is 5.97 Å². The molecule has 0 saturated heterocycles. The quantitative estimate of drug-likeness (QED) is 0.619. The van der Waals surface area contributed by atoms with Crippen LogP contribution in [0.15, 0.2) is 29.6 Å². The van der Waals surface area contributed by atoms with Crippen LogP contribution in [0.25, 0.3) is 0 Å². The Balaban J connectivity index is 2.43. The zero-order valence-electron chi connectivity index (χ0n) is 12.3. The third-order valence-corrected chi connectivity index (χ3v) is 3.40. The summed E-state index contributed by atoms with van der Waals surface area (Å²) in [7, 11) is 3.07. The summed E-state index contributed by atoms with van der Waals surface area (Å²) >= 11 is 1.32. The number of methoxy groups -OCH3 is 2. The lowest BCUT2D eigenvalue weighted by Crippen LogP contribution is -2.07. The minimum atomic E-state index is -1.11. The Hall–Kier alpha value is -2.48. The standard InChI is InChI=1S/C14H15N3O4S/c1-20-8-4-5-10(11(6-8)21-2)16-12-9(13(18)19)7-15-14(17-12)22-3/h4-7H,1-3H3,(H,18,19)(H,15,16,17). The number of anilines is 2. The summed E-state index contributed by atoms with van der Waals surface area (Å²) < 4.78 is 10.4. The van der Waals surface area contributed by atoms with Crippen molar-refractivity contribution < 1.29 is 19.4 Å². The number of benzene rings is 1. The first-order valence-electron chi connectivity index (χ1n) is 6.22. The van der Waals surface area contributed by atoms with Crippen LogP contribution in [0.2, 0.25) is 0 Å². The Kier molecular flexibility index (Phi) is 5.05. The van der Waals surface area contributed by atoms with Crippen molar-refractivity contribution in [2.75, 3.05) is 25.8 Å². The number of nitrogens with one attached hydrogen (secondary N) is 1. The zero-order chi connectivity index (χ0) is 16.1. The molecule has 1 aromatic carbocycles. The molecule has 0 aliphatic rings. The molecule has 0 unspecified atom stereocenters. The topological polar surface area (TPSA) is 93.6 Å². The molecule has 0 spiro atoms. The van der Waals surface area contributed by atoms with Crippen LogP contribution in [-0.4, -0.2) is 41.5 Å². The van der Waals surface area contributed by atoms with E-state index in [2.05, 4.69) is 15.3 Å². The Bertz CT molecular complexity index is 694. The van der Waals surface area contributed by atoms with Gasteiger partial charge in [0.25, 0.3) is 0 Å². The van der Waals surface area contributed by atoms with Gasteiger partial charge in [0.1, 0.15) is 22.9 Å². The number of nitrogens with zero attached hydrogens (tertiary/aromatic N) is 2. The molecule has 2 N–H and O–H groups in total. The molecular formula is C14H15N3O4S. The molecule has 2 rings (SSSR count). The van der Waals surface area contributed by atoms with E-state index in [1.807, 2.05) is 6.26 Å². The van der Waals surface area contributed by atoms with E-state index in [1.165, 1.54) is 25.1 Å². The maximum absolute atomic E-state index is 11.3. The SMILES string of the molecule is COc1ccc(Nc2nc(SC)ncc2C(=O)O)c(OC)c1. The molecule has 0 aliphatic carbocycles. The second kappa shape index (κ2) is 6.99. The summed E-state index contributed by atoms with van der Waals surface area (Å²) in [6.45, 7) is 0. The van der Waals surface area contributed by atoms with E-state index in [-0.39, 0.29) is 11.4 Å². The lowest BCUT2D eigenvalue weighted by molar-refractivity contribution is 0.0697. The molecule has 22 heavy (non-hydrogen) atoms. The zero-order valence-corrected chi connectivity index (χ0v) is 13.1. The Labute approximate surface area is 131 Å². The van der Waals surface area contributed by atoms with Gasteiger partial charge < -0.3 is 19.9 Å². The summed E-state index contributed by atoms with van der Waals surface area (Å²) in [6.07, 6.45) is 3.09. The molecule has 0 bridgehead atoms. The molecule has 2 aromatic rings. The highest BCUT2D eigenvalue weighted by Crippen LogP contribution is 2.32. The molecule has 0 saturated carbocycles. The fourth-order valence-corrected chi connectivity index (χ4v) is 2.09. The Morgan fingerprint density at radius 2 is 2.09 bits per heavy atom. The number of hydrogen-bond donors (Lipinski definition) is 2. The molecule has 0 amide bonds. The van der Waals surface area contributed by atoms with Gasteiger partial charge in [-0.1, -0.05) is 11.8 Å². The Morgan fingerprint density at radius 3 is 2.68 bits per heavy atom. The molecule has 116 valence electrons. The van der Waals surface area contributed by atoms with Gasteiger partial charge in [-0.25, -0.2) is 14.8 Å². The summed E-state index contributed by atoms with van der Waals surface area (Å²) in [5, 5.41) is 12.7. The predicted molar refractivity (Wildman–Crippen MR) is 83.6 cm³/mol. The maximum atomic E-state index is 11.3. The molecule has 8 heteroatoms. The lowest BCUT2D eigenvalue weighted by atomic mass is 10.2. The van der Waals surface area contributed by atoms with Gasteiger partial charge in [0.05, 0.1) is 19.9 Å². The second-order valence-electron chi connectivity index (χ2n) is 4.12. The first kappa shape index (κ1) is 15.9. The van der Waals surface area contributed by atoms with Crippen molar-refractivity contribution in [2.45, 2.75) is 5.16 Å². The van der Waals surface area contributed by atoms with Crippen LogP contribution in [-0.2, 0) is 0 Å². The first-order chi connectivity index (χ1) is 10.6. The van der Waals surface area contributed by atoms with E-state index in [9.17, 15) is 9.90 Å². The number of carbonyl (C=O) groups is 1. The summed E-state index contributed by atoms with van der Waals surface area (Å²) in [5.74, 6) is 0.242. The second-order valence-corrected chi connectivity index (χ2v) is 4.89. The van der Waals surface area contributed by atoms with Crippen molar-refractivity contribution >= 4 is 29.2 Å². The van der Waals surface area contributed by atoms with E-state index >= 15 is 0 Å². The molecule has 0 aliphatic heterocycles. The van der Waals surface area contributed by atoms with Crippen LogP contribution in [0.1, 0.15) is 10.4 Å². The highest BCUT2D eigenvalue weighted by Gasteiger charge is 2.15. The fourth-order valence-electron chi connectivity index (χ4n) is 1.75. The van der Waals surface area contributed by atoms with Crippen LogP contribution in [0.4, 0.5) is 11.5 Å². The van der Waals surface area contributed by atoms with E-state index in [0.29, 0.717) is 22.3 Å². The number of thioether (sulfide) groups is 1. The van der Waals surface area contributed by atoms with Crippen molar-refractivity contribution in [3.63, 3.8) is 0 Å². The van der Waals surface area contributed by atoms with E-state index in [4.69, 9.17) is 9.47 Å². The highest BCUT2D eigenvalue weighted by atomic mass is 32.2. The first-order valence-corrected chi connectivity index (χ1v) is 7.45. The molecule has 0 atom stereocenters. The van der Waals surface area contributed by atoms with Crippen molar-refractivity contribution in [1.82, 2.24) is 9.97 Å². The number of carboxylic acid groups (broad SMARTS) is 1. The number of aromatic carboxylic acids is 1. The largest absolute Gasteiger partial charge is 0.497 e. The third kappa shape index (κ3) is 3.40. The fraction of sp³-hybridized carbons (Fsp3) is 0.214. The van der Waals surface area contributed by atoms with Crippen LogP contribution in [0.5, 0.6) is 11.5 Å². The average molecular weight is 321 g/mol. The summed E-state index contributed by atoms with van der Waals surface area (Å²) in [4.78, 5) is 19.5. The predicted octanol–water partition coefficient (Wildman–Crippen LogP) is 2.66.